The molecule has 1 fully saturated rings. The Morgan fingerprint density at radius 1 is 0.895 bits per heavy atom. The van der Waals surface area contributed by atoms with Gasteiger partial charge in [-0.05, 0) is 62.7 Å². The molecule has 5 heteroatoms. The van der Waals surface area contributed by atoms with Gasteiger partial charge in [-0.25, -0.2) is 0 Å². The van der Waals surface area contributed by atoms with Crippen LogP contribution in [0, 0.1) is 6.92 Å². The zero-order valence-corrected chi connectivity index (χ0v) is 22.9. The van der Waals surface area contributed by atoms with E-state index in [1.54, 1.807) is 0 Å². The van der Waals surface area contributed by atoms with Gasteiger partial charge in [0.25, 0.3) is 0 Å². The molecule has 0 spiro atoms. The first-order chi connectivity index (χ1) is 18.6. The second-order valence-corrected chi connectivity index (χ2v) is 10.4. The molecular weight excluding hydrogens is 472 g/mol. The number of para-hydroxylation sites is 1. The second-order valence-electron chi connectivity index (χ2n) is 10.4. The summed E-state index contributed by atoms with van der Waals surface area (Å²) in [7, 11) is 2.15. The lowest BCUT2D eigenvalue weighted by atomic mass is 10.0. The van der Waals surface area contributed by atoms with Crippen molar-refractivity contribution in [3.8, 4) is 5.75 Å². The largest absolute Gasteiger partial charge is 0.485 e. The highest BCUT2D eigenvalue weighted by Gasteiger charge is 2.26. The molecule has 4 rings (SSSR count). The van der Waals surface area contributed by atoms with Crippen molar-refractivity contribution in [1.29, 1.82) is 0 Å². The third kappa shape index (κ3) is 8.71. The first kappa shape index (κ1) is 27.9. The van der Waals surface area contributed by atoms with Gasteiger partial charge in [-0.3, -0.25) is 9.69 Å². The average molecular weight is 515 g/mol. The standard InChI is InChI=1S/C33H42N2O3/c1-27-14-10-11-19-31(27)38-32(29-17-8-4-9-18-29)20-23-34(2)25-30(35-21-12-5-13-22-35)24-33(36)37-26-28-15-6-3-7-16-28/h3-4,6-11,14-19,30,32H,5,12-13,20-26H2,1-2H3. The van der Waals surface area contributed by atoms with Gasteiger partial charge >= 0.3 is 5.97 Å². The molecule has 2 unspecified atom stereocenters. The van der Waals surface area contributed by atoms with Gasteiger partial charge < -0.3 is 14.4 Å². The van der Waals surface area contributed by atoms with Crippen molar-refractivity contribution in [1.82, 2.24) is 9.80 Å². The SMILES string of the molecule is Cc1ccccc1OC(CCN(C)CC(CC(=O)OCc1ccccc1)N1CCCCC1)c1ccccc1. The van der Waals surface area contributed by atoms with Crippen LogP contribution in [0.2, 0.25) is 0 Å². The highest BCUT2D eigenvalue weighted by molar-refractivity contribution is 5.70. The molecule has 3 aromatic rings. The van der Waals surface area contributed by atoms with E-state index in [9.17, 15) is 4.79 Å². The molecule has 5 nitrogen and oxygen atoms in total. The van der Waals surface area contributed by atoms with E-state index in [1.807, 2.05) is 54.6 Å². The van der Waals surface area contributed by atoms with Gasteiger partial charge in [-0.2, -0.15) is 0 Å². The summed E-state index contributed by atoms with van der Waals surface area (Å²) in [5, 5.41) is 0. The van der Waals surface area contributed by atoms with Crippen LogP contribution in [-0.2, 0) is 16.1 Å². The van der Waals surface area contributed by atoms with Gasteiger partial charge in [-0.15, -0.1) is 0 Å². The summed E-state index contributed by atoms with van der Waals surface area (Å²) in [6.45, 7) is 6.21. The Balaban J connectivity index is 1.36. The molecule has 0 aromatic heterocycles. The Labute approximate surface area is 228 Å². The summed E-state index contributed by atoms with van der Waals surface area (Å²) in [6.07, 6.45) is 4.90. The van der Waals surface area contributed by atoms with Crippen molar-refractivity contribution >= 4 is 5.97 Å². The van der Waals surface area contributed by atoms with Crippen LogP contribution >= 0.6 is 0 Å². The van der Waals surface area contributed by atoms with Gasteiger partial charge in [0.2, 0.25) is 0 Å². The monoisotopic (exact) mass is 514 g/mol. The number of ether oxygens (including phenoxy) is 2. The molecule has 202 valence electrons. The minimum atomic E-state index is -0.122. The Bertz CT molecular complexity index is 1100. The summed E-state index contributed by atoms with van der Waals surface area (Å²) in [4.78, 5) is 17.7. The molecule has 0 amide bonds. The van der Waals surface area contributed by atoms with Crippen molar-refractivity contribution in [3.63, 3.8) is 0 Å². The minimum absolute atomic E-state index is 0.0379. The molecule has 38 heavy (non-hydrogen) atoms. The van der Waals surface area contributed by atoms with E-state index in [2.05, 4.69) is 54.1 Å². The summed E-state index contributed by atoms with van der Waals surface area (Å²) < 4.78 is 12.2. The Morgan fingerprint density at radius 3 is 2.26 bits per heavy atom. The fraction of sp³-hybridized carbons (Fsp3) is 0.424. The van der Waals surface area contributed by atoms with E-state index in [0.717, 1.165) is 49.5 Å². The smallest absolute Gasteiger partial charge is 0.307 e. The number of benzene rings is 3. The molecule has 1 aliphatic rings. The summed E-state index contributed by atoms with van der Waals surface area (Å²) in [5.74, 6) is 0.805. The second kappa shape index (κ2) is 14.7. The molecule has 1 heterocycles. The van der Waals surface area contributed by atoms with Gasteiger partial charge in [0.15, 0.2) is 0 Å². The molecule has 2 atom stereocenters. The molecule has 0 aliphatic carbocycles. The quantitative estimate of drug-likeness (QED) is 0.246. The van der Waals surface area contributed by atoms with Gasteiger partial charge in [-0.1, -0.05) is 85.3 Å². The van der Waals surface area contributed by atoms with Crippen LogP contribution in [-0.4, -0.2) is 55.0 Å². The first-order valence-corrected chi connectivity index (χ1v) is 14.0. The maximum absolute atomic E-state index is 12.8. The number of carbonyl (C=O) groups excluding carboxylic acids is 1. The van der Waals surface area contributed by atoms with Crippen LogP contribution in [0.25, 0.3) is 0 Å². The molecule has 0 bridgehead atoms. The van der Waals surface area contributed by atoms with Gasteiger partial charge in [0.1, 0.15) is 18.5 Å². The molecule has 0 saturated carbocycles. The lowest BCUT2D eigenvalue weighted by Gasteiger charge is -2.36. The van der Waals surface area contributed by atoms with Gasteiger partial charge in [0.05, 0.1) is 6.42 Å². The van der Waals surface area contributed by atoms with E-state index in [0.29, 0.717) is 13.0 Å². The molecule has 3 aromatic carbocycles. The fourth-order valence-electron chi connectivity index (χ4n) is 5.17. The maximum Gasteiger partial charge on any atom is 0.307 e. The number of likely N-dealkylation sites (tertiary alicyclic amines) is 1. The number of piperidine rings is 1. The molecule has 1 aliphatic heterocycles. The van der Waals surface area contributed by atoms with Crippen molar-refractivity contribution in [2.75, 3.05) is 33.2 Å². The maximum atomic E-state index is 12.8. The molecular formula is C33H42N2O3. The topological polar surface area (TPSA) is 42.0 Å². The Hall–Kier alpha value is -3.15. The van der Waals surface area contributed by atoms with Crippen molar-refractivity contribution in [2.45, 2.75) is 57.8 Å². The zero-order valence-electron chi connectivity index (χ0n) is 22.9. The predicted molar refractivity (Wildman–Crippen MR) is 153 cm³/mol. The molecule has 1 saturated heterocycles. The van der Waals surface area contributed by atoms with E-state index in [1.165, 1.54) is 24.8 Å². The van der Waals surface area contributed by atoms with Crippen LogP contribution < -0.4 is 4.74 Å². The zero-order chi connectivity index (χ0) is 26.6. The van der Waals surface area contributed by atoms with Crippen molar-refractivity contribution in [2.24, 2.45) is 0 Å². The normalized spacial score (nSPS) is 15.7. The van der Waals surface area contributed by atoms with E-state index >= 15 is 0 Å². The van der Waals surface area contributed by atoms with E-state index in [-0.39, 0.29) is 18.1 Å². The highest BCUT2D eigenvalue weighted by Crippen LogP contribution is 2.27. The van der Waals surface area contributed by atoms with Crippen LogP contribution in [0.15, 0.2) is 84.9 Å². The fourth-order valence-corrected chi connectivity index (χ4v) is 5.17. The van der Waals surface area contributed by atoms with Crippen LogP contribution in [0.5, 0.6) is 5.75 Å². The summed E-state index contributed by atoms with van der Waals surface area (Å²) in [5.41, 5.74) is 3.34. The lowest BCUT2D eigenvalue weighted by molar-refractivity contribution is -0.146. The third-order valence-electron chi connectivity index (χ3n) is 7.38. The number of carbonyl (C=O) groups is 1. The van der Waals surface area contributed by atoms with Crippen LogP contribution in [0.3, 0.4) is 0 Å². The number of likely N-dealkylation sites (N-methyl/N-ethyl adjacent to an activating group) is 1. The van der Waals surface area contributed by atoms with Crippen molar-refractivity contribution in [3.05, 3.63) is 102 Å². The van der Waals surface area contributed by atoms with E-state index < -0.39 is 0 Å². The van der Waals surface area contributed by atoms with Crippen molar-refractivity contribution < 1.29 is 14.3 Å². The highest BCUT2D eigenvalue weighted by atomic mass is 16.5. The number of hydrogen-bond donors (Lipinski definition) is 0. The Kier molecular flexibility index (Phi) is 10.8. The van der Waals surface area contributed by atoms with Crippen LogP contribution in [0.4, 0.5) is 0 Å². The molecule has 0 N–H and O–H groups in total. The summed E-state index contributed by atoms with van der Waals surface area (Å²) in [6, 6.07) is 28.7. The Morgan fingerprint density at radius 2 is 1.55 bits per heavy atom. The number of rotatable bonds is 13. The van der Waals surface area contributed by atoms with Gasteiger partial charge in [0, 0.05) is 25.6 Å². The van der Waals surface area contributed by atoms with Crippen LogP contribution in [0.1, 0.15) is 54.9 Å². The number of aryl methyl sites for hydroxylation is 1. The summed E-state index contributed by atoms with van der Waals surface area (Å²) >= 11 is 0. The number of hydrogen-bond acceptors (Lipinski definition) is 5. The first-order valence-electron chi connectivity index (χ1n) is 14.0. The predicted octanol–water partition coefficient (Wildman–Crippen LogP) is 6.43. The third-order valence-corrected chi connectivity index (χ3v) is 7.38. The van der Waals surface area contributed by atoms with E-state index in [4.69, 9.17) is 9.47 Å². The lowest BCUT2D eigenvalue weighted by Crippen LogP contribution is -2.47. The number of esters is 1. The average Bonchev–Trinajstić information content (AvgIpc) is 2.96. The molecule has 0 radical (unpaired) electrons. The minimum Gasteiger partial charge on any atom is -0.485 e. The number of nitrogens with zero attached hydrogens (tertiary/aromatic N) is 2.